The molecule has 0 spiro atoms. The van der Waals surface area contributed by atoms with Crippen LogP contribution in [-0.4, -0.2) is 34.4 Å². The lowest BCUT2D eigenvalue weighted by Gasteiger charge is -2.32. The van der Waals surface area contributed by atoms with Gasteiger partial charge in [0.15, 0.2) is 0 Å². The fourth-order valence-corrected chi connectivity index (χ4v) is 12.8. The Kier molecular flexibility index (Phi) is 55.4. The molecule has 0 rings (SSSR count). The third-order valence-corrected chi connectivity index (χ3v) is 17.6. The Morgan fingerprint density at radius 2 is 0.429 bits per heavy atom. The zero-order valence-corrected chi connectivity index (χ0v) is 46.1. The SMILES string of the molecule is CCCCCCCCCCCCCCCCCCO[Si](CC(C)CS)(OCCCCCCCCCCCCCCCCCC)OCCCCCCCCCCCCCCCCCC. The first kappa shape index (κ1) is 63.4. The highest BCUT2D eigenvalue weighted by atomic mass is 32.1. The van der Waals surface area contributed by atoms with Gasteiger partial charge in [-0.2, -0.15) is 12.6 Å². The van der Waals surface area contributed by atoms with Crippen LogP contribution in [-0.2, 0) is 13.3 Å². The second-order valence-electron chi connectivity index (χ2n) is 20.6. The summed E-state index contributed by atoms with van der Waals surface area (Å²) in [6.45, 7) is 11.6. The third-order valence-electron chi connectivity index (χ3n) is 13.9. The monoisotopic (exact) mass is 925 g/mol. The number of hydrogen-bond donors (Lipinski definition) is 1. The van der Waals surface area contributed by atoms with E-state index in [1.54, 1.807) is 0 Å². The molecule has 0 aromatic carbocycles. The summed E-state index contributed by atoms with van der Waals surface area (Å²) in [5.41, 5.74) is 0. The molecule has 0 aliphatic carbocycles. The maximum absolute atomic E-state index is 6.84. The van der Waals surface area contributed by atoms with Gasteiger partial charge >= 0.3 is 8.80 Å². The third kappa shape index (κ3) is 50.2. The molecule has 1 unspecified atom stereocenters. The van der Waals surface area contributed by atoms with E-state index in [1.165, 1.54) is 289 Å². The average Bonchev–Trinajstić information content (AvgIpc) is 3.29. The van der Waals surface area contributed by atoms with Gasteiger partial charge in [0.2, 0.25) is 0 Å². The van der Waals surface area contributed by atoms with Gasteiger partial charge in [-0.15, -0.1) is 0 Å². The van der Waals surface area contributed by atoms with Crippen molar-refractivity contribution in [2.24, 2.45) is 5.92 Å². The van der Waals surface area contributed by atoms with Crippen LogP contribution in [0.5, 0.6) is 0 Å². The van der Waals surface area contributed by atoms with Gasteiger partial charge in [-0.3, -0.25) is 0 Å². The van der Waals surface area contributed by atoms with E-state index in [0.29, 0.717) is 5.92 Å². The second kappa shape index (κ2) is 55.0. The van der Waals surface area contributed by atoms with Crippen LogP contribution in [0.15, 0.2) is 0 Å². The van der Waals surface area contributed by atoms with E-state index in [-0.39, 0.29) is 0 Å². The van der Waals surface area contributed by atoms with Crippen molar-refractivity contribution in [2.75, 3.05) is 25.6 Å². The van der Waals surface area contributed by atoms with Crippen molar-refractivity contribution < 1.29 is 13.3 Å². The second-order valence-corrected chi connectivity index (χ2v) is 23.6. The van der Waals surface area contributed by atoms with E-state index in [0.717, 1.165) is 50.9 Å². The first-order valence-electron chi connectivity index (χ1n) is 29.7. The Morgan fingerprint density at radius 1 is 0.270 bits per heavy atom. The Morgan fingerprint density at radius 3 is 0.587 bits per heavy atom. The Labute approximate surface area is 406 Å². The quantitative estimate of drug-likeness (QED) is 0.0374. The largest absolute Gasteiger partial charge is 0.501 e. The number of unbranched alkanes of at least 4 members (excludes halogenated alkanes) is 45. The summed E-state index contributed by atoms with van der Waals surface area (Å²) in [7, 11) is -2.76. The molecule has 0 amide bonds. The van der Waals surface area contributed by atoms with Crippen molar-refractivity contribution in [3.05, 3.63) is 0 Å². The van der Waals surface area contributed by atoms with E-state index < -0.39 is 8.80 Å². The number of thiol groups is 1. The molecule has 3 nitrogen and oxygen atoms in total. The minimum Gasteiger partial charge on any atom is -0.373 e. The summed E-state index contributed by atoms with van der Waals surface area (Å²) in [4.78, 5) is 0. The number of rotatable bonds is 57. The van der Waals surface area contributed by atoms with Crippen molar-refractivity contribution in [1.29, 1.82) is 0 Å². The lowest BCUT2D eigenvalue weighted by atomic mass is 10.0. The lowest BCUT2D eigenvalue weighted by Crippen LogP contribution is -2.48. The molecular weight excluding hydrogens is 805 g/mol. The topological polar surface area (TPSA) is 27.7 Å². The average molecular weight is 926 g/mol. The van der Waals surface area contributed by atoms with Crippen molar-refractivity contribution in [3.8, 4) is 0 Å². The van der Waals surface area contributed by atoms with Gasteiger partial charge < -0.3 is 13.3 Å². The first-order chi connectivity index (χ1) is 31.1. The van der Waals surface area contributed by atoms with Crippen LogP contribution in [0.2, 0.25) is 6.04 Å². The minimum absolute atomic E-state index is 0.447. The minimum atomic E-state index is -2.76. The molecule has 0 radical (unpaired) electrons. The molecule has 0 saturated heterocycles. The van der Waals surface area contributed by atoms with Crippen LogP contribution in [0.1, 0.15) is 336 Å². The van der Waals surface area contributed by atoms with E-state index in [9.17, 15) is 0 Å². The Bertz CT molecular complexity index is 720. The lowest BCUT2D eigenvalue weighted by molar-refractivity contribution is 0.0525. The summed E-state index contributed by atoms with van der Waals surface area (Å²) in [6, 6.07) is 0.910. The van der Waals surface area contributed by atoms with Gasteiger partial charge in [-0.25, -0.2) is 0 Å². The number of hydrogen-bond acceptors (Lipinski definition) is 4. The molecule has 1 atom stereocenters. The fourth-order valence-electron chi connectivity index (χ4n) is 9.43. The van der Waals surface area contributed by atoms with Crippen LogP contribution in [0.4, 0.5) is 0 Å². The zero-order valence-electron chi connectivity index (χ0n) is 44.2. The molecular formula is C58H120O3SSi. The molecule has 380 valence electrons. The zero-order chi connectivity index (χ0) is 45.7. The molecule has 0 bridgehead atoms. The molecule has 0 aromatic rings. The van der Waals surface area contributed by atoms with Gasteiger partial charge in [0, 0.05) is 25.9 Å². The van der Waals surface area contributed by atoms with Gasteiger partial charge in [-0.1, -0.05) is 317 Å². The highest BCUT2D eigenvalue weighted by Crippen LogP contribution is 2.25. The van der Waals surface area contributed by atoms with Gasteiger partial charge in [0.25, 0.3) is 0 Å². The van der Waals surface area contributed by atoms with Crippen molar-refractivity contribution in [1.82, 2.24) is 0 Å². The summed E-state index contributed by atoms with van der Waals surface area (Å²) >= 11 is 4.70. The van der Waals surface area contributed by atoms with Crippen molar-refractivity contribution in [3.63, 3.8) is 0 Å². The highest BCUT2D eigenvalue weighted by molar-refractivity contribution is 7.80. The molecule has 0 aromatic heterocycles. The van der Waals surface area contributed by atoms with E-state index in [4.69, 9.17) is 25.9 Å². The normalized spacial score (nSPS) is 12.5. The molecule has 0 aliphatic rings. The van der Waals surface area contributed by atoms with Crippen LogP contribution in [0, 0.1) is 5.92 Å². The molecule has 0 N–H and O–H groups in total. The summed E-state index contributed by atoms with van der Waals surface area (Å²) in [5, 5.41) is 0. The van der Waals surface area contributed by atoms with Gasteiger partial charge in [-0.05, 0) is 30.9 Å². The maximum Gasteiger partial charge on any atom is 0.501 e. The van der Waals surface area contributed by atoms with Gasteiger partial charge in [0.05, 0.1) is 0 Å². The highest BCUT2D eigenvalue weighted by Gasteiger charge is 2.42. The predicted octanol–water partition coefficient (Wildman–Crippen LogP) is 21.3. The van der Waals surface area contributed by atoms with E-state index in [1.807, 2.05) is 0 Å². The van der Waals surface area contributed by atoms with Gasteiger partial charge in [0.1, 0.15) is 0 Å². The Balaban J connectivity index is 4.50. The molecule has 63 heavy (non-hydrogen) atoms. The van der Waals surface area contributed by atoms with Crippen LogP contribution >= 0.6 is 12.6 Å². The van der Waals surface area contributed by atoms with E-state index >= 15 is 0 Å². The molecule has 0 aliphatic heterocycles. The van der Waals surface area contributed by atoms with Crippen molar-refractivity contribution >= 4 is 21.4 Å². The molecule has 0 saturated carbocycles. The summed E-state index contributed by atoms with van der Waals surface area (Å²) < 4.78 is 20.5. The molecule has 5 heteroatoms. The van der Waals surface area contributed by atoms with Crippen LogP contribution in [0.3, 0.4) is 0 Å². The summed E-state index contributed by atoms with van der Waals surface area (Å²) in [5.74, 6) is 1.31. The maximum atomic E-state index is 6.84. The van der Waals surface area contributed by atoms with Crippen molar-refractivity contribution in [2.45, 2.75) is 342 Å². The van der Waals surface area contributed by atoms with Crippen LogP contribution < -0.4 is 0 Å². The Hall–Kier alpha value is 0.447. The standard InChI is InChI=1S/C58H120O3SSi/c1-5-8-11-14-17-20-23-26-29-32-35-38-41-44-47-50-53-59-63(57-58(4)56-62,60-54-51-48-45-42-39-36-33-30-27-24-21-18-15-12-9-6-2)61-55-52-49-46-43-40-37-34-31-28-25-22-19-16-13-10-7-3/h58,62H,5-57H2,1-4H3. The van der Waals surface area contributed by atoms with Crippen LogP contribution in [0.25, 0.3) is 0 Å². The first-order valence-corrected chi connectivity index (χ1v) is 32.2. The van der Waals surface area contributed by atoms with E-state index in [2.05, 4.69) is 27.7 Å². The molecule has 0 fully saturated rings. The predicted molar refractivity (Wildman–Crippen MR) is 290 cm³/mol. The smallest absolute Gasteiger partial charge is 0.373 e. The summed E-state index contributed by atoms with van der Waals surface area (Å²) in [6.07, 6.45) is 66.9. The molecule has 0 heterocycles. The fraction of sp³-hybridized carbons (Fsp3) is 1.00.